The quantitative estimate of drug-likeness (QED) is 0.606. The molecule has 5 atom stereocenters. The predicted octanol–water partition coefficient (Wildman–Crippen LogP) is 4.72. The lowest BCUT2D eigenvalue weighted by Crippen LogP contribution is -2.58. The molecule has 23 heavy (non-hydrogen) atoms. The molecule has 0 saturated heterocycles. The van der Waals surface area contributed by atoms with Crippen molar-refractivity contribution >= 4 is 11.6 Å². The smallest absolute Gasteiger partial charge is 0.168 e. The van der Waals surface area contributed by atoms with E-state index in [-0.39, 0.29) is 22.4 Å². The zero-order valence-corrected chi connectivity index (χ0v) is 15.3. The molecule has 0 aliphatic heterocycles. The molecule has 4 aliphatic carbocycles. The summed E-state index contributed by atoms with van der Waals surface area (Å²) in [6.07, 6.45) is 8.22. The summed E-state index contributed by atoms with van der Waals surface area (Å²) < 4.78 is 0. The van der Waals surface area contributed by atoms with Gasteiger partial charge in [-0.25, -0.2) is 0 Å². The maximum absolute atomic E-state index is 12.9. The summed E-state index contributed by atoms with van der Waals surface area (Å²) in [5.41, 5.74) is 1.04. The van der Waals surface area contributed by atoms with Crippen LogP contribution in [0.4, 0.5) is 0 Å². The average molecular weight is 314 g/mol. The first kappa shape index (κ1) is 15.6. The molecular weight excluding hydrogens is 284 g/mol. The maximum Gasteiger partial charge on any atom is 0.168 e. The Morgan fingerprint density at radius 2 is 1.78 bits per heavy atom. The highest BCUT2D eigenvalue weighted by Gasteiger charge is 2.70. The average Bonchev–Trinajstić information content (AvgIpc) is 2.68. The van der Waals surface area contributed by atoms with Crippen molar-refractivity contribution in [3.8, 4) is 0 Å². The van der Waals surface area contributed by atoms with Crippen LogP contribution in [-0.4, -0.2) is 11.6 Å². The summed E-state index contributed by atoms with van der Waals surface area (Å²) in [5, 5.41) is 0. The van der Waals surface area contributed by atoms with Gasteiger partial charge in [-0.05, 0) is 61.3 Å². The van der Waals surface area contributed by atoms with Gasteiger partial charge in [0.2, 0.25) is 0 Å². The van der Waals surface area contributed by atoms with Crippen LogP contribution in [0.5, 0.6) is 0 Å². The monoisotopic (exact) mass is 314 g/mol. The lowest BCUT2D eigenvalue weighted by molar-refractivity contribution is -0.136. The molecule has 2 bridgehead atoms. The highest BCUT2D eigenvalue weighted by Crippen LogP contribution is 2.74. The molecule has 3 fully saturated rings. The van der Waals surface area contributed by atoms with Crippen LogP contribution >= 0.6 is 0 Å². The van der Waals surface area contributed by atoms with Gasteiger partial charge < -0.3 is 0 Å². The summed E-state index contributed by atoms with van der Waals surface area (Å²) in [6.45, 7) is 11.5. The van der Waals surface area contributed by atoms with Crippen LogP contribution in [-0.2, 0) is 9.59 Å². The lowest BCUT2D eigenvalue weighted by atomic mass is 9.39. The van der Waals surface area contributed by atoms with E-state index in [9.17, 15) is 9.59 Å². The second kappa shape index (κ2) is 4.18. The topological polar surface area (TPSA) is 34.1 Å². The normalized spacial score (nSPS) is 51.1. The Labute approximate surface area is 140 Å². The third-order valence-corrected chi connectivity index (χ3v) is 8.56. The molecule has 1 unspecified atom stereocenters. The molecule has 4 aliphatic rings. The number of hydrogen-bond acceptors (Lipinski definition) is 2. The Balaban J connectivity index is 1.94. The number of carbonyl (C=O) groups excluding carboxylic acids is 2. The van der Waals surface area contributed by atoms with E-state index in [2.05, 4.69) is 27.7 Å². The fourth-order valence-corrected chi connectivity index (χ4v) is 7.20. The van der Waals surface area contributed by atoms with Crippen molar-refractivity contribution in [3.63, 3.8) is 0 Å². The van der Waals surface area contributed by atoms with Crippen molar-refractivity contribution in [2.24, 2.45) is 33.5 Å². The van der Waals surface area contributed by atoms with Gasteiger partial charge in [0.1, 0.15) is 5.78 Å². The van der Waals surface area contributed by atoms with E-state index in [0.717, 1.165) is 6.42 Å². The van der Waals surface area contributed by atoms with Crippen LogP contribution in [0, 0.1) is 33.5 Å². The van der Waals surface area contributed by atoms with Gasteiger partial charge in [0.15, 0.2) is 5.78 Å². The summed E-state index contributed by atoms with van der Waals surface area (Å²) in [7, 11) is 0. The number of Topliss-reactive ketones (excluding diaryl/α,β-unsaturated/α-hetero) is 1. The van der Waals surface area contributed by atoms with Crippen molar-refractivity contribution in [2.75, 3.05) is 0 Å². The van der Waals surface area contributed by atoms with Gasteiger partial charge in [0, 0.05) is 11.8 Å². The second-order valence-corrected chi connectivity index (χ2v) is 10.1. The molecule has 0 amide bonds. The standard InChI is InChI=1S/C21H30O2/c1-13-9-15-18(2,3)7-6-8-20(15,5)21-11-17(23)19(4,12-21)16(22)10-14(13)21/h10,13,15H,6-9,11-12H2,1-5H3/t13?,15-,19-,20-,21-/m0/s1. The van der Waals surface area contributed by atoms with Crippen LogP contribution in [0.3, 0.4) is 0 Å². The fourth-order valence-electron chi connectivity index (χ4n) is 7.20. The van der Waals surface area contributed by atoms with Gasteiger partial charge in [-0.3, -0.25) is 9.59 Å². The van der Waals surface area contributed by atoms with Crippen LogP contribution in [0.25, 0.3) is 0 Å². The Morgan fingerprint density at radius 1 is 1.09 bits per heavy atom. The first-order chi connectivity index (χ1) is 10.6. The van der Waals surface area contributed by atoms with E-state index < -0.39 is 5.41 Å². The number of fused-ring (bicyclic) bond motifs is 2. The number of allylic oxidation sites excluding steroid dienone is 2. The molecule has 0 N–H and O–H groups in total. The molecule has 126 valence electrons. The first-order valence-corrected chi connectivity index (χ1v) is 9.37. The number of rotatable bonds is 0. The summed E-state index contributed by atoms with van der Waals surface area (Å²) in [4.78, 5) is 25.5. The van der Waals surface area contributed by atoms with Gasteiger partial charge in [0.25, 0.3) is 0 Å². The maximum atomic E-state index is 12.9. The van der Waals surface area contributed by atoms with Gasteiger partial charge in [-0.2, -0.15) is 0 Å². The molecule has 0 aromatic heterocycles. The van der Waals surface area contributed by atoms with Crippen molar-refractivity contribution in [1.29, 1.82) is 0 Å². The zero-order valence-electron chi connectivity index (χ0n) is 15.3. The third-order valence-electron chi connectivity index (χ3n) is 8.56. The molecule has 3 saturated carbocycles. The van der Waals surface area contributed by atoms with Gasteiger partial charge in [-0.1, -0.05) is 39.7 Å². The molecule has 4 rings (SSSR count). The SMILES string of the molecule is CC1C[C@H]2C(C)(C)CCC[C@]2(C)[C@@]23CC(=O)[C@@](C)(C2)C(=O)C=C13. The lowest BCUT2D eigenvalue weighted by Gasteiger charge is -2.65. The minimum atomic E-state index is -0.740. The Kier molecular flexibility index (Phi) is 2.84. The molecule has 0 radical (unpaired) electrons. The van der Waals surface area contributed by atoms with Gasteiger partial charge in [-0.15, -0.1) is 0 Å². The molecular formula is C21H30O2. The van der Waals surface area contributed by atoms with Crippen molar-refractivity contribution in [3.05, 3.63) is 11.6 Å². The van der Waals surface area contributed by atoms with E-state index in [1.807, 2.05) is 13.0 Å². The second-order valence-electron chi connectivity index (χ2n) is 10.1. The zero-order chi connectivity index (χ0) is 16.8. The van der Waals surface area contributed by atoms with Crippen molar-refractivity contribution < 1.29 is 9.59 Å². The largest absolute Gasteiger partial charge is 0.299 e. The molecule has 1 spiro atoms. The number of ketones is 2. The minimum Gasteiger partial charge on any atom is -0.299 e. The van der Waals surface area contributed by atoms with Crippen LogP contribution in [0.2, 0.25) is 0 Å². The predicted molar refractivity (Wildman–Crippen MR) is 90.9 cm³/mol. The van der Waals surface area contributed by atoms with Crippen molar-refractivity contribution in [2.45, 2.75) is 73.1 Å². The number of carbonyl (C=O) groups is 2. The van der Waals surface area contributed by atoms with E-state index in [1.54, 1.807) is 0 Å². The highest BCUT2D eigenvalue weighted by molar-refractivity contribution is 6.15. The fraction of sp³-hybridized carbons (Fsp3) is 0.810. The molecule has 2 nitrogen and oxygen atoms in total. The molecule has 2 heteroatoms. The summed E-state index contributed by atoms with van der Waals surface area (Å²) in [5.74, 6) is 1.37. The van der Waals surface area contributed by atoms with E-state index >= 15 is 0 Å². The van der Waals surface area contributed by atoms with Crippen molar-refractivity contribution in [1.82, 2.24) is 0 Å². The molecule has 0 aromatic rings. The van der Waals surface area contributed by atoms with E-state index in [0.29, 0.717) is 23.7 Å². The Morgan fingerprint density at radius 3 is 2.48 bits per heavy atom. The minimum absolute atomic E-state index is 0.0488. The van der Waals surface area contributed by atoms with E-state index in [1.165, 1.54) is 31.3 Å². The summed E-state index contributed by atoms with van der Waals surface area (Å²) in [6, 6.07) is 0. The highest BCUT2D eigenvalue weighted by atomic mass is 16.2. The van der Waals surface area contributed by atoms with Gasteiger partial charge >= 0.3 is 0 Å². The molecule has 0 aromatic carbocycles. The Hall–Kier alpha value is -0.920. The van der Waals surface area contributed by atoms with Crippen LogP contribution in [0.15, 0.2) is 11.6 Å². The number of hydrogen-bond donors (Lipinski definition) is 0. The van der Waals surface area contributed by atoms with Gasteiger partial charge in [0.05, 0.1) is 5.41 Å². The third kappa shape index (κ3) is 1.61. The van der Waals surface area contributed by atoms with Crippen LogP contribution < -0.4 is 0 Å². The first-order valence-electron chi connectivity index (χ1n) is 9.37. The van der Waals surface area contributed by atoms with Crippen LogP contribution in [0.1, 0.15) is 73.1 Å². The Bertz CT molecular complexity index is 642. The molecule has 0 heterocycles. The summed E-state index contributed by atoms with van der Waals surface area (Å²) >= 11 is 0. The van der Waals surface area contributed by atoms with E-state index in [4.69, 9.17) is 0 Å².